The molecule has 0 unspecified atom stereocenters. The van der Waals surface area contributed by atoms with Crippen molar-refractivity contribution in [1.82, 2.24) is 0 Å². The van der Waals surface area contributed by atoms with E-state index >= 15 is 0 Å². The monoisotopic (exact) mass is 650 g/mol. The highest BCUT2D eigenvalue weighted by Gasteiger charge is 2.72. The van der Waals surface area contributed by atoms with Crippen LogP contribution in [0.5, 0.6) is 0 Å². The van der Waals surface area contributed by atoms with Crippen molar-refractivity contribution in [2.24, 2.45) is 50.7 Å². The van der Waals surface area contributed by atoms with Crippen LogP contribution in [0.15, 0.2) is 11.6 Å². The fraction of sp³-hybridized carbons (Fsp3) is 0.917. The molecule has 1 saturated heterocycles. The number of aliphatic hydroxyl groups excluding tert-OH is 6. The van der Waals surface area contributed by atoms with Crippen molar-refractivity contribution in [1.29, 1.82) is 0 Å². The van der Waals surface area contributed by atoms with E-state index in [9.17, 15) is 40.5 Å². The van der Waals surface area contributed by atoms with Crippen molar-refractivity contribution < 1.29 is 50.0 Å². The van der Waals surface area contributed by atoms with Gasteiger partial charge in [0.2, 0.25) is 6.29 Å². The van der Waals surface area contributed by atoms with Gasteiger partial charge in [0.05, 0.1) is 29.8 Å². The molecule has 10 nitrogen and oxygen atoms in total. The standard InChI is InChI=1S/C36H58O10/c1-18-10-13-36(30(43)46-29-26(41)25(40)24(39)21(17-37)45-29)15-14-33(5)19(27(36)35(18,7)44)8-9-23-32(4)16-20(38)28(42)31(2,3)22(32)11-12-34(23,33)6/h8,18,20-29,37-42,44H,9-17H2,1-7H3/t18-,20-,21-,22-,23-,24-,25+,26-,27-,28+,29+,32+,33-,34-,35-,36+/m1/s1. The van der Waals surface area contributed by atoms with Gasteiger partial charge in [0.1, 0.15) is 24.4 Å². The molecule has 1 aliphatic heterocycles. The maximum atomic E-state index is 14.5. The van der Waals surface area contributed by atoms with Gasteiger partial charge in [-0.05, 0) is 97.7 Å². The third-order valence-corrected chi connectivity index (χ3v) is 15.5. The lowest BCUT2D eigenvalue weighted by Crippen LogP contribution is -2.69. The SMILES string of the molecule is C[C@@H]1CC[C@]2(C(=O)O[C@@H]3O[C@H](CO)[C@@H](O)[C@H](O)[C@H]3O)CC[C@]3(C)C(=CC[C@@H]4[C@@]5(C)C[C@@H](O)[C@H](O)C(C)(C)[C@H]5CC[C@]43C)[C@@H]2[C@]1(C)O. The van der Waals surface area contributed by atoms with E-state index in [-0.39, 0.29) is 34.0 Å². The van der Waals surface area contributed by atoms with E-state index in [4.69, 9.17) is 9.47 Å². The number of allylic oxidation sites excluding steroid dienone is 1. The van der Waals surface area contributed by atoms with Gasteiger partial charge >= 0.3 is 5.97 Å². The molecule has 5 aliphatic carbocycles. The summed E-state index contributed by atoms with van der Waals surface area (Å²) in [6, 6.07) is 0. The molecule has 1 heterocycles. The third kappa shape index (κ3) is 4.39. The highest BCUT2D eigenvalue weighted by Crippen LogP contribution is 2.76. The maximum Gasteiger partial charge on any atom is 0.315 e. The lowest BCUT2D eigenvalue weighted by atomic mass is 9.33. The first kappa shape index (κ1) is 34.7. The van der Waals surface area contributed by atoms with E-state index in [0.29, 0.717) is 32.1 Å². The van der Waals surface area contributed by atoms with Gasteiger partial charge < -0.3 is 45.2 Å². The normalized spacial score (nSPS) is 56.4. The van der Waals surface area contributed by atoms with Crippen molar-refractivity contribution in [3.63, 3.8) is 0 Å². The first-order valence-electron chi connectivity index (χ1n) is 17.5. The molecule has 7 N–H and O–H groups in total. The second kappa shape index (κ2) is 10.9. The molecule has 0 amide bonds. The number of carbonyl (C=O) groups excluding carboxylic acids is 1. The molecule has 0 aromatic rings. The predicted molar refractivity (Wildman–Crippen MR) is 168 cm³/mol. The lowest BCUT2D eigenvalue weighted by molar-refractivity contribution is -0.299. The summed E-state index contributed by atoms with van der Waals surface area (Å²) >= 11 is 0. The number of rotatable bonds is 3. The largest absolute Gasteiger partial charge is 0.432 e. The van der Waals surface area contributed by atoms with E-state index in [1.54, 1.807) is 0 Å². The highest BCUT2D eigenvalue weighted by atomic mass is 16.7. The zero-order valence-electron chi connectivity index (χ0n) is 28.6. The molecule has 16 atom stereocenters. The molecule has 5 fully saturated rings. The average Bonchev–Trinajstić information content (AvgIpc) is 2.98. The van der Waals surface area contributed by atoms with Crippen molar-refractivity contribution in [2.45, 2.75) is 148 Å². The molecule has 46 heavy (non-hydrogen) atoms. The summed E-state index contributed by atoms with van der Waals surface area (Å²) in [4.78, 5) is 14.5. The Balaban J connectivity index is 1.39. The quantitative estimate of drug-likeness (QED) is 0.177. The Labute approximate surface area is 273 Å². The van der Waals surface area contributed by atoms with Crippen LogP contribution in [0, 0.1) is 50.7 Å². The minimum atomic E-state index is -1.70. The molecule has 0 spiro atoms. The summed E-state index contributed by atoms with van der Waals surface area (Å²) in [5.74, 6) is -0.787. The molecule has 6 aliphatic rings. The first-order valence-corrected chi connectivity index (χ1v) is 17.5. The van der Waals surface area contributed by atoms with Crippen LogP contribution in [0.4, 0.5) is 0 Å². The summed E-state index contributed by atoms with van der Waals surface area (Å²) in [6.45, 7) is 14.4. The molecule has 262 valence electrons. The van der Waals surface area contributed by atoms with Crippen LogP contribution in [0.1, 0.15) is 99.8 Å². The van der Waals surface area contributed by atoms with E-state index < -0.39 is 77.8 Å². The second-order valence-electron chi connectivity index (χ2n) is 17.7. The molecule has 0 bridgehead atoms. The van der Waals surface area contributed by atoms with Crippen LogP contribution in [-0.4, -0.2) is 96.8 Å². The minimum Gasteiger partial charge on any atom is -0.432 e. The summed E-state index contributed by atoms with van der Waals surface area (Å²) in [5.41, 5.74) is -2.44. The topological polar surface area (TPSA) is 177 Å². The van der Waals surface area contributed by atoms with Gasteiger partial charge in [0.15, 0.2) is 0 Å². The molecule has 0 aromatic heterocycles. The van der Waals surface area contributed by atoms with Gasteiger partial charge in [-0.15, -0.1) is 0 Å². The van der Waals surface area contributed by atoms with E-state index in [0.717, 1.165) is 24.8 Å². The minimum absolute atomic E-state index is 0.0940. The van der Waals surface area contributed by atoms with Crippen LogP contribution in [0.25, 0.3) is 0 Å². The molecule has 10 heteroatoms. The van der Waals surface area contributed by atoms with Gasteiger partial charge in [-0.3, -0.25) is 4.79 Å². The summed E-state index contributed by atoms with van der Waals surface area (Å²) in [7, 11) is 0. The molecule has 0 radical (unpaired) electrons. The molecule has 0 aromatic carbocycles. The molecule has 6 rings (SSSR count). The van der Waals surface area contributed by atoms with Crippen LogP contribution >= 0.6 is 0 Å². The van der Waals surface area contributed by atoms with E-state index in [1.807, 2.05) is 13.8 Å². The number of aliphatic hydroxyl groups is 7. The van der Waals surface area contributed by atoms with Crippen LogP contribution in [0.2, 0.25) is 0 Å². The maximum absolute atomic E-state index is 14.5. The first-order chi connectivity index (χ1) is 21.2. The highest BCUT2D eigenvalue weighted by molar-refractivity contribution is 5.79. The van der Waals surface area contributed by atoms with Gasteiger partial charge in [0, 0.05) is 5.92 Å². The van der Waals surface area contributed by atoms with Crippen molar-refractivity contribution >= 4 is 5.97 Å². The van der Waals surface area contributed by atoms with Crippen LogP contribution < -0.4 is 0 Å². The number of carbonyl (C=O) groups is 1. The summed E-state index contributed by atoms with van der Waals surface area (Å²) in [5, 5.41) is 75.6. The number of ether oxygens (including phenoxy) is 2. The van der Waals surface area contributed by atoms with Gasteiger partial charge in [-0.1, -0.05) is 53.2 Å². The Morgan fingerprint density at radius 3 is 2.24 bits per heavy atom. The Hall–Kier alpha value is -1.11. The smallest absolute Gasteiger partial charge is 0.315 e. The van der Waals surface area contributed by atoms with Gasteiger partial charge in [0.25, 0.3) is 0 Å². The van der Waals surface area contributed by atoms with E-state index in [1.165, 1.54) is 0 Å². The Bertz CT molecular complexity index is 1250. The van der Waals surface area contributed by atoms with Crippen molar-refractivity contribution in [3.8, 4) is 0 Å². The van der Waals surface area contributed by atoms with Crippen LogP contribution in [0.3, 0.4) is 0 Å². The molecule has 4 saturated carbocycles. The molecular weight excluding hydrogens is 592 g/mol. The van der Waals surface area contributed by atoms with Crippen molar-refractivity contribution in [2.75, 3.05) is 6.61 Å². The van der Waals surface area contributed by atoms with E-state index in [2.05, 4.69) is 40.7 Å². The van der Waals surface area contributed by atoms with Gasteiger partial charge in [-0.2, -0.15) is 0 Å². The second-order valence-corrected chi connectivity index (χ2v) is 17.7. The zero-order chi connectivity index (χ0) is 34.0. The van der Waals surface area contributed by atoms with Crippen molar-refractivity contribution in [3.05, 3.63) is 11.6 Å². The fourth-order valence-corrected chi connectivity index (χ4v) is 12.4. The Morgan fingerprint density at radius 1 is 0.913 bits per heavy atom. The Morgan fingerprint density at radius 2 is 1.59 bits per heavy atom. The average molecular weight is 651 g/mol. The third-order valence-electron chi connectivity index (χ3n) is 15.5. The number of esters is 1. The summed E-state index contributed by atoms with van der Waals surface area (Å²) in [6.07, 6.45) is -1.65. The summed E-state index contributed by atoms with van der Waals surface area (Å²) < 4.78 is 11.5. The lowest BCUT2D eigenvalue weighted by Gasteiger charge is -2.72. The number of hydrogen-bond acceptors (Lipinski definition) is 10. The van der Waals surface area contributed by atoms with Gasteiger partial charge in [-0.25, -0.2) is 0 Å². The fourth-order valence-electron chi connectivity index (χ4n) is 12.4. The predicted octanol–water partition coefficient (Wildman–Crippen LogP) is 2.43. The zero-order valence-corrected chi connectivity index (χ0v) is 28.6. The number of fused-ring (bicyclic) bond motifs is 7. The number of hydrogen-bond donors (Lipinski definition) is 7. The van der Waals surface area contributed by atoms with Crippen LogP contribution in [-0.2, 0) is 14.3 Å². The molecular formula is C36H58O10. The Kier molecular flexibility index (Phi) is 8.27.